The van der Waals surface area contributed by atoms with Crippen molar-refractivity contribution in [2.45, 2.75) is 51.2 Å². The molecule has 7 heteroatoms. The first kappa shape index (κ1) is 21.2. The molecule has 3 rings (SSSR count). The molecule has 0 spiro atoms. The van der Waals surface area contributed by atoms with Crippen LogP contribution >= 0.6 is 24.0 Å². The van der Waals surface area contributed by atoms with Crippen molar-refractivity contribution in [2.24, 2.45) is 4.99 Å². The van der Waals surface area contributed by atoms with Crippen molar-refractivity contribution < 1.29 is 0 Å². The Balaban J connectivity index is 0.00000243. The fraction of sp³-hybridized carbons (Fsp3) is 0.684. The number of guanidine groups is 1. The third kappa shape index (κ3) is 6.26. The Morgan fingerprint density at radius 3 is 2.58 bits per heavy atom. The monoisotopic (exact) mass is 472 g/mol. The third-order valence-electron chi connectivity index (χ3n) is 4.93. The molecule has 2 aliphatic rings. The van der Waals surface area contributed by atoms with Crippen LogP contribution in [-0.2, 0) is 6.54 Å². The highest BCUT2D eigenvalue weighted by Crippen LogP contribution is 2.29. The molecular formula is C19H33IN6. The molecule has 1 aliphatic heterocycles. The number of aliphatic imine (C=N–C) groups is 1. The lowest BCUT2D eigenvalue weighted by molar-refractivity contribution is 0.197. The van der Waals surface area contributed by atoms with Crippen molar-refractivity contribution in [2.75, 3.05) is 38.6 Å². The number of nitrogens with zero attached hydrogens (tertiary/aromatic N) is 4. The maximum absolute atomic E-state index is 4.74. The van der Waals surface area contributed by atoms with E-state index in [1.807, 2.05) is 37.2 Å². The molecule has 0 radical (unpaired) electrons. The highest BCUT2D eigenvalue weighted by molar-refractivity contribution is 14.0. The van der Waals surface area contributed by atoms with Gasteiger partial charge in [-0.2, -0.15) is 0 Å². The summed E-state index contributed by atoms with van der Waals surface area (Å²) in [5, 5.41) is 6.99. The summed E-state index contributed by atoms with van der Waals surface area (Å²) in [7, 11) is 4.02. The summed E-state index contributed by atoms with van der Waals surface area (Å²) in [5.74, 6) is 1.88. The van der Waals surface area contributed by atoms with Crippen LogP contribution in [0.4, 0.5) is 5.82 Å². The minimum absolute atomic E-state index is 0. The van der Waals surface area contributed by atoms with Crippen molar-refractivity contribution in [3.63, 3.8) is 0 Å². The molecule has 2 heterocycles. The van der Waals surface area contributed by atoms with E-state index in [2.05, 4.69) is 27.4 Å². The van der Waals surface area contributed by atoms with Crippen molar-refractivity contribution >= 4 is 35.8 Å². The molecule has 6 nitrogen and oxygen atoms in total. The van der Waals surface area contributed by atoms with E-state index in [9.17, 15) is 0 Å². The molecule has 1 aromatic heterocycles. The zero-order valence-electron chi connectivity index (χ0n) is 16.2. The Kier molecular flexibility index (Phi) is 8.40. The number of halogens is 1. The van der Waals surface area contributed by atoms with Crippen LogP contribution in [0.25, 0.3) is 0 Å². The van der Waals surface area contributed by atoms with Crippen LogP contribution in [0.3, 0.4) is 0 Å². The fourth-order valence-corrected chi connectivity index (χ4v) is 3.33. The Labute approximate surface area is 174 Å². The zero-order valence-corrected chi connectivity index (χ0v) is 18.6. The smallest absolute Gasteiger partial charge is 0.191 e. The molecule has 0 amide bonds. The lowest BCUT2D eigenvalue weighted by Gasteiger charge is -2.33. The zero-order chi connectivity index (χ0) is 17.6. The number of aromatic nitrogens is 1. The molecule has 0 bridgehead atoms. The topological polar surface area (TPSA) is 55.8 Å². The SMILES string of the molecule is CCNC(=NCc1cccc(N(C)C)n1)NC1CCN(C2CC2)CC1.I. The number of nitrogens with one attached hydrogen (secondary N) is 2. The molecule has 0 unspecified atom stereocenters. The van der Waals surface area contributed by atoms with Crippen LogP contribution in [0.1, 0.15) is 38.3 Å². The molecule has 1 aliphatic carbocycles. The second-order valence-corrected chi connectivity index (χ2v) is 7.26. The van der Waals surface area contributed by atoms with Gasteiger partial charge in [0.25, 0.3) is 0 Å². The molecule has 146 valence electrons. The molecule has 2 N–H and O–H groups in total. The van der Waals surface area contributed by atoms with Crippen molar-refractivity contribution in [3.05, 3.63) is 23.9 Å². The van der Waals surface area contributed by atoms with E-state index in [-0.39, 0.29) is 24.0 Å². The first-order chi connectivity index (χ1) is 12.2. The highest BCUT2D eigenvalue weighted by Gasteiger charge is 2.31. The predicted octanol–water partition coefficient (Wildman–Crippen LogP) is 2.45. The van der Waals surface area contributed by atoms with Crippen LogP contribution in [0.15, 0.2) is 23.2 Å². The van der Waals surface area contributed by atoms with Gasteiger partial charge >= 0.3 is 0 Å². The van der Waals surface area contributed by atoms with Gasteiger partial charge in [-0.1, -0.05) is 6.07 Å². The first-order valence-corrected chi connectivity index (χ1v) is 9.58. The molecule has 26 heavy (non-hydrogen) atoms. The Morgan fingerprint density at radius 1 is 1.23 bits per heavy atom. The van der Waals surface area contributed by atoms with Gasteiger partial charge in [0.2, 0.25) is 0 Å². The quantitative estimate of drug-likeness (QED) is 0.379. The van der Waals surface area contributed by atoms with Crippen LogP contribution in [-0.4, -0.2) is 61.7 Å². The number of hydrogen-bond acceptors (Lipinski definition) is 4. The molecule has 0 atom stereocenters. The van der Waals surface area contributed by atoms with Gasteiger partial charge in [-0.05, 0) is 44.7 Å². The van der Waals surface area contributed by atoms with Crippen LogP contribution in [0, 0.1) is 0 Å². The second kappa shape index (κ2) is 10.3. The van der Waals surface area contributed by atoms with E-state index in [1.54, 1.807) is 0 Å². The van der Waals surface area contributed by atoms with Crippen LogP contribution in [0.5, 0.6) is 0 Å². The highest BCUT2D eigenvalue weighted by atomic mass is 127. The maximum Gasteiger partial charge on any atom is 0.191 e. The Hall–Kier alpha value is -1.09. The summed E-state index contributed by atoms with van der Waals surface area (Å²) in [4.78, 5) is 14.1. The summed E-state index contributed by atoms with van der Waals surface area (Å²) < 4.78 is 0. The molecule has 0 aromatic carbocycles. The van der Waals surface area contributed by atoms with Crippen LogP contribution in [0.2, 0.25) is 0 Å². The van der Waals surface area contributed by atoms with Gasteiger partial charge in [-0.3, -0.25) is 0 Å². The second-order valence-electron chi connectivity index (χ2n) is 7.26. The van der Waals surface area contributed by atoms with E-state index in [1.165, 1.54) is 38.8 Å². The number of rotatable bonds is 6. The first-order valence-electron chi connectivity index (χ1n) is 9.58. The van der Waals surface area contributed by atoms with Gasteiger partial charge in [-0.25, -0.2) is 9.98 Å². The van der Waals surface area contributed by atoms with E-state index >= 15 is 0 Å². The van der Waals surface area contributed by atoms with E-state index in [0.29, 0.717) is 12.6 Å². The summed E-state index contributed by atoms with van der Waals surface area (Å²) >= 11 is 0. The largest absolute Gasteiger partial charge is 0.363 e. The minimum Gasteiger partial charge on any atom is -0.363 e. The molecule has 2 fully saturated rings. The summed E-state index contributed by atoms with van der Waals surface area (Å²) in [6, 6.07) is 7.51. The predicted molar refractivity (Wildman–Crippen MR) is 120 cm³/mol. The number of pyridine rings is 1. The van der Waals surface area contributed by atoms with Crippen molar-refractivity contribution in [1.29, 1.82) is 0 Å². The summed E-state index contributed by atoms with van der Waals surface area (Å²) in [5.41, 5.74) is 0.993. The van der Waals surface area contributed by atoms with Gasteiger partial charge in [0, 0.05) is 45.8 Å². The standard InChI is InChI=1S/C19H32N6.HI/c1-4-20-19(21-14-16-6-5-7-18(22-16)24(2)3)23-15-10-12-25(13-11-15)17-8-9-17;/h5-7,15,17H,4,8-14H2,1-3H3,(H2,20,21,23);1H. The number of anilines is 1. The maximum atomic E-state index is 4.74. The number of likely N-dealkylation sites (tertiary alicyclic amines) is 1. The lowest BCUT2D eigenvalue weighted by atomic mass is 10.1. The fourth-order valence-electron chi connectivity index (χ4n) is 3.33. The summed E-state index contributed by atoms with van der Waals surface area (Å²) in [6.45, 7) is 6.01. The average Bonchev–Trinajstić information content (AvgIpc) is 3.46. The molecule has 1 saturated heterocycles. The van der Waals surface area contributed by atoms with E-state index in [0.717, 1.165) is 30.1 Å². The van der Waals surface area contributed by atoms with Crippen molar-refractivity contribution in [3.8, 4) is 0 Å². The van der Waals surface area contributed by atoms with Gasteiger partial charge in [0.05, 0.1) is 12.2 Å². The molecular weight excluding hydrogens is 439 g/mol. The third-order valence-corrected chi connectivity index (χ3v) is 4.93. The van der Waals surface area contributed by atoms with Gasteiger partial charge in [0.15, 0.2) is 5.96 Å². The van der Waals surface area contributed by atoms with E-state index < -0.39 is 0 Å². The lowest BCUT2D eigenvalue weighted by Crippen LogP contribution is -2.49. The van der Waals surface area contributed by atoms with Gasteiger partial charge in [-0.15, -0.1) is 24.0 Å². The summed E-state index contributed by atoms with van der Waals surface area (Å²) in [6.07, 6.45) is 5.22. The van der Waals surface area contributed by atoms with Gasteiger partial charge in [0.1, 0.15) is 5.82 Å². The van der Waals surface area contributed by atoms with Crippen molar-refractivity contribution in [1.82, 2.24) is 20.5 Å². The van der Waals surface area contributed by atoms with Crippen LogP contribution < -0.4 is 15.5 Å². The van der Waals surface area contributed by atoms with E-state index in [4.69, 9.17) is 4.99 Å². The number of hydrogen-bond donors (Lipinski definition) is 2. The molecule has 1 saturated carbocycles. The number of piperidine rings is 1. The Bertz CT molecular complexity index is 579. The normalized spacial score (nSPS) is 19.0. The molecule has 1 aromatic rings. The average molecular weight is 472 g/mol. The minimum atomic E-state index is 0. The Morgan fingerprint density at radius 2 is 1.96 bits per heavy atom. The van der Waals surface area contributed by atoms with Gasteiger partial charge < -0.3 is 20.4 Å².